The molecule has 1 N–H and O–H groups in total. The number of rotatable bonds is 0. The Morgan fingerprint density at radius 2 is 2.00 bits per heavy atom. The zero-order valence-corrected chi connectivity index (χ0v) is 10.2. The van der Waals surface area contributed by atoms with Gasteiger partial charge in [0.15, 0.2) is 5.82 Å². The van der Waals surface area contributed by atoms with Gasteiger partial charge in [-0.3, -0.25) is 9.55 Å². The van der Waals surface area contributed by atoms with Gasteiger partial charge in [-0.05, 0) is 25.8 Å². The standard InChI is InChI=1S/C13H13N3O2/c1-13(2)7-8-5-3-4-6-9(8)10-14-11(17)15-12(18)16(10)13/h3-6H,7H2,1-2H3,(H,15,17,18). The smallest absolute Gasteiger partial charge is 0.271 e. The van der Waals surface area contributed by atoms with Crippen LogP contribution in [0.2, 0.25) is 0 Å². The lowest BCUT2D eigenvalue weighted by molar-refractivity contribution is 0.326. The molecule has 0 saturated carbocycles. The predicted octanol–water partition coefficient (Wildman–Crippen LogP) is 0.890. The Kier molecular flexibility index (Phi) is 2.08. The molecule has 0 spiro atoms. The number of fused-ring (bicyclic) bond motifs is 3. The highest BCUT2D eigenvalue weighted by Crippen LogP contribution is 2.34. The highest BCUT2D eigenvalue weighted by Gasteiger charge is 2.32. The summed E-state index contributed by atoms with van der Waals surface area (Å²) in [4.78, 5) is 29.6. The van der Waals surface area contributed by atoms with Crippen LogP contribution in [0.3, 0.4) is 0 Å². The van der Waals surface area contributed by atoms with Gasteiger partial charge in [-0.15, -0.1) is 0 Å². The zero-order chi connectivity index (χ0) is 12.9. The largest absolute Gasteiger partial charge is 0.351 e. The lowest BCUT2D eigenvalue weighted by Crippen LogP contribution is -2.46. The molecule has 1 aromatic carbocycles. The van der Waals surface area contributed by atoms with Gasteiger partial charge in [-0.1, -0.05) is 24.3 Å². The first-order valence-corrected chi connectivity index (χ1v) is 5.81. The Morgan fingerprint density at radius 3 is 2.78 bits per heavy atom. The Bertz CT molecular complexity index is 740. The van der Waals surface area contributed by atoms with Gasteiger partial charge < -0.3 is 0 Å². The molecule has 0 aliphatic carbocycles. The molecule has 0 unspecified atom stereocenters. The van der Waals surface area contributed by atoms with E-state index in [2.05, 4.69) is 9.97 Å². The predicted molar refractivity (Wildman–Crippen MR) is 67.6 cm³/mol. The molecular weight excluding hydrogens is 230 g/mol. The van der Waals surface area contributed by atoms with Crippen LogP contribution in [0.25, 0.3) is 11.4 Å². The number of aromatic nitrogens is 3. The van der Waals surface area contributed by atoms with Crippen molar-refractivity contribution in [1.82, 2.24) is 14.5 Å². The van der Waals surface area contributed by atoms with Crippen LogP contribution >= 0.6 is 0 Å². The lowest BCUT2D eigenvalue weighted by atomic mass is 9.87. The van der Waals surface area contributed by atoms with Crippen molar-refractivity contribution >= 4 is 0 Å². The Hall–Kier alpha value is -2.17. The molecule has 2 heterocycles. The molecule has 3 rings (SSSR count). The maximum atomic E-state index is 12.0. The summed E-state index contributed by atoms with van der Waals surface area (Å²) < 4.78 is 1.57. The first kappa shape index (κ1) is 11.0. The van der Waals surface area contributed by atoms with Crippen LogP contribution in [-0.2, 0) is 12.0 Å². The van der Waals surface area contributed by atoms with E-state index in [1.54, 1.807) is 4.57 Å². The molecule has 0 fully saturated rings. The van der Waals surface area contributed by atoms with Crippen molar-refractivity contribution in [3.8, 4) is 11.4 Å². The number of nitrogens with one attached hydrogen (secondary N) is 1. The molecule has 0 bridgehead atoms. The highest BCUT2D eigenvalue weighted by atomic mass is 16.2. The molecule has 1 aliphatic rings. The van der Waals surface area contributed by atoms with Gasteiger partial charge in [-0.2, -0.15) is 4.98 Å². The van der Waals surface area contributed by atoms with Gasteiger partial charge in [-0.25, -0.2) is 9.59 Å². The second-order valence-electron chi connectivity index (χ2n) is 5.15. The van der Waals surface area contributed by atoms with Gasteiger partial charge in [0.2, 0.25) is 0 Å². The van der Waals surface area contributed by atoms with E-state index in [0.29, 0.717) is 5.82 Å². The summed E-state index contributed by atoms with van der Waals surface area (Å²) in [6, 6.07) is 7.74. The summed E-state index contributed by atoms with van der Waals surface area (Å²) >= 11 is 0. The van der Waals surface area contributed by atoms with Crippen molar-refractivity contribution in [2.75, 3.05) is 0 Å². The third-order valence-electron chi connectivity index (χ3n) is 3.32. The molecule has 18 heavy (non-hydrogen) atoms. The van der Waals surface area contributed by atoms with E-state index < -0.39 is 16.9 Å². The third kappa shape index (κ3) is 1.44. The Morgan fingerprint density at radius 1 is 1.28 bits per heavy atom. The number of aromatic amines is 1. The fourth-order valence-corrected chi connectivity index (χ4v) is 2.60. The Balaban J connectivity index is 2.47. The average Bonchev–Trinajstić information content (AvgIpc) is 2.26. The summed E-state index contributed by atoms with van der Waals surface area (Å²) in [7, 11) is 0. The van der Waals surface area contributed by atoms with E-state index in [0.717, 1.165) is 17.5 Å². The number of nitrogens with zero attached hydrogens (tertiary/aromatic N) is 2. The van der Waals surface area contributed by atoms with Crippen LogP contribution in [0.1, 0.15) is 19.4 Å². The van der Waals surface area contributed by atoms with E-state index in [4.69, 9.17) is 0 Å². The maximum absolute atomic E-state index is 12.0. The summed E-state index contributed by atoms with van der Waals surface area (Å²) in [5, 5.41) is 0. The van der Waals surface area contributed by atoms with E-state index in [1.807, 2.05) is 38.1 Å². The lowest BCUT2D eigenvalue weighted by Gasteiger charge is -2.34. The molecule has 0 amide bonds. The zero-order valence-electron chi connectivity index (χ0n) is 10.2. The monoisotopic (exact) mass is 243 g/mol. The number of hydrogen-bond donors (Lipinski definition) is 1. The normalized spacial score (nSPS) is 15.9. The van der Waals surface area contributed by atoms with Gasteiger partial charge in [0, 0.05) is 11.1 Å². The molecular formula is C13H13N3O2. The summed E-state index contributed by atoms with van der Waals surface area (Å²) in [5.41, 5.74) is 0.584. The topological polar surface area (TPSA) is 67.8 Å². The Labute approximate surface area is 103 Å². The minimum absolute atomic E-state index is 0.391. The molecule has 0 radical (unpaired) electrons. The number of hydrogen-bond acceptors (Lipinski definition) is 3. The average molecular weight is 243 g/mol. The van der Waals surface area contributed by atoms with Crippen molar-refractivity contribution in [3.63, 3.8) is 0 Å². The quantitative estimate of drug-likeness (QED) is 0.747. The number of benzene rings is 1. The summed E-state index contributed by atoms with van der Waals surface area (Å²) in [6.45, 7) is 3.93. The van der Waals surface area contributed by atoms with Crippen molar-refractivity contribution in [1.29, 1.82) is 0 Å². The third-order valence-corrected chi connectivity index (χ3v) is 3.32. The van der Waals surface area contributed by atoms with Gasteiger partial charge in [0.1, 0.15) is 0 Å². The van der Waals surface area contributed by atoms with Crippen LogP contribution in [0.5, 0.6) is 0 Å². The van der Waals surface area contributed by atoms with Crippen LogP contribution in [0.15, 0.2) is 33.9 Å². The highest BCUT2D eigenvalue weighted by molar-refractivity contribution is 5.62. The number of H-pyrrole nitrogens is 1. The van der Waals surface area contributed by atoms with Crippen molar-refractivity contribution in [2.24, 2.45) is 0 Å². The van der Waals surface area contributed by atoms with Gasteiger partial charge in [0.05, 0.1) is 0 Å². The molecule has 5 nitrogen and oxygen atoms in total. The van der Waals surface area contributed by atoms with E-state index in [9.17, 15) is 9.59 Å². The fourth-order valence-electron chi connectivity index (χ4n) is 2.60. The van der Waals surface area contributed by atoms with Crippen molar-refractivity contribution in [2.45, 2.75) is 25.8 Å². The second kappa shape index (κ2) is 3.41. The SMILES string of the molecule is CC1(C)Cc2ccccc2-c2nc(=O)[nH]c(=O)n21. The van der Waals surface area contributed by atoms with Crippen LogP contribution in [0, 0.1) is 0 Å². The molecule has 92 valence electrons. The second-order valence-corrected chi connectivity index (χ2v) is 5.15. The van der Waals surface area contributed by atoms with E-state index >= 15 is 0 Å². The van der Waals surface area contributed by atoms with E-state index in [1.165, 1.54) is 0 Å². The van der Waals surface area contributed by atoms with Crippen LogP contribution < -0.4 is 11.4 Å². The summed E-state index contributed by atoms with van der Waals surface area (Å²) in [5.74, 6) is 0.454. The molecule has 0 atom stereocenters. The fraction of sp³-hybridized carbons (Fsp3) is 0.308. The minimum Gasteiger partial charge on any atom is -0.271 e. The molecule has 2 aromatic rings. The van der Waals surface area contributed by atoms with E-state index in [-0.39, 0.29) is 0 Å². The maximum Gasteiger partial charge on any atom is 0.351 e. The molecule has 0 saturated heterocycles. The van der Waals surface area contributed by atoms with Gasteiger partial charge in [0.25, 0.3) is 0 Å². The minimum atomic E-state index is -0.598. The first-order valence-electron chi connectivity index (χ1n) is 5.81. The van der Waals surface area contributed by atoms with Crippen molar-refractivity contribution < 1.29 is 0 Å². The first-order chi connectivity index (χ1) is 8.49. The van der Waals surface area contributed by atoms with Gasteiger partial charge >= 0.3 is 11.4 Å². The molecule has 1 aromatic heterocycles. The van der Waals surface area contributed by atoms with Crippen LogP contribution in [-0.4, -0.2) is 14.5 Å². The van der Waals surface area contributed by atoms with Crippen LogP contribution in [0.4, 0.5) is 0 Å². The summed E-state index contributed by atoms with van der Waals surface area (Å²) in [6.07, 6.45) is 0.740. The molecule has 5 heteroatoms. The van der Waals surface area contributed by atoms with Crippen molar-refractivity contribution in [3.05, 3.63) is 50.8 Å². The molecule has 1 aliphatic heterocycles.